The Morgan fingerprint density at radius 3 is 2.41 bits per heavy atom. The highest BCUT2D eigenvalue weighted by atomic mass is 19.4. The van der Waals surface area contributed by atoms with Gasteiger partial charge in [-0.25, -0.2) is 4.98 Å². The fourth-order valence-corrected chi connectivity index (χ4v) is 4.04. The van der Waals surface area contributed by atoms with Crippen LogP contribution < -0.4 is 20.5 Å². The van der Waals surface area contributed by atoms with Gasteiger partial charge in [0.25, 0.3) is 11.8 Å². The van der Waals surface area contributed by atoms with Crippen molar-refractivity contribution in [2.45, 2.75) is 39.1 Å². The number of benzene rings is 2. The van der Waals surface area contributed by atoms with Gasteiger partial charge in [0.1, 0.15) is 17.2 Å². The number of carbonyl (C=O) groups excluding carboxylic acids is 2. The predicted molar refractivity (Wildman–Crippen MR) is 136 cm³/mol. The highest BCUT2D eigenvalue weighted by Gasteiger charge is 2.31. The highest BCUT2D eigenvalue weighted by Crippen LogP contribution is 2.35. The van der Waals surface area contributed by atoms with Crippen LogP contribution in [-0.4, -0.2) is 52.4 Å². The first kappa shape index (κ1) is 27.8. The first-order valence-electron chi connectivity index (χ1n) is 12.4. The average molecular weight is 544 g/mol. The summed E-state index contributed by atoms with van der Waals surface area (Å²) < 4.78 is 51.7. The molecule has 0 spiro atoms. The van der Waals surface area contributed by atoms with Crippen molar-refractivity contribution in [3.8, 4) is 28.8 Å². The van der Waals surface area contributed by atoms with Crippen LogP contribution in [-0.2, 0) is 17.5 Å². The average Bonchev–Trinajstić information content (AvgIpc) is 3.31. The van der Waals surface area contributed by atoms with Gasteiger partial charge < -0.3 is 20.5 Å². The summed E-state index contributed by atoms with van der Waals surface area (Å²) in [5, 5.41) is 2.66. The van der Waals surface area contributed by atoms with E-state index in [-0.39, 0.29) is 23.3 Å². The molecule has 0 unspecified atom stereocenters. The number of carbonyl (C=O) groups is 2. The molecule has 0 bridgehead atoms. The Morgan fingerprint density at radius 1 is 1.10 bits per heavy atom. The second kappa shape index (κ2) is 11.7. The molecule has 1 aromatic heterocycles. The molecule has 2 aromatic carbocycles. The minimum atomic E-state index is -4.47. The van der Waals surface area contributed by atoms with E-state index in [9.17, 15) is 22.8 Å². The van der Waals surface area contributed by atoms with Gasteiger partial charge in [0.15, 0.2) is 11.9 Å². The third-order valence-electron chi connectivity index (χ3n) is 6.23. The van der Waals surface area contributed by atoms with Crippen LogP contribution in [0.5, 0.6) is 17.4 Å². The summed E-state index contributed by atoms with van der Waals surface area (Å²) >= 11 is 0. The largest absolute Gasteiger partial charge is 0.464 e. The summed E-state index contributed by atoms with van der Waals surface area (Å²) in [5.74, 6) is -0.210. The quantitative estimate of drug-likeness (QED) is 0.394. The molecule has 0 aliphatic carbocycles. The summed E-state index contributed by atoms with van der Waals surface area (Å²) in [6.45, 7) is 5.97. The zero-order valence-electron chi connectivity index (χ0n) is 21.4. The number of hydrogen-bond donors (Lipinski definition) is 2. The number of amides is 2. The van der Waals surface area contributed by atoms with Crippen molar-refractivity contribution in [2.75, 3.05) is 19.6 Å². The van der Waals surface area contributed by atoms with E-state index < -0.39 is 23.8 Å². The predicted octanol–water partition coefficient (Wildman–Crippen LogP) is 4.16. The minimum Gasteiger partial charge on any atom is -0.464 e. The Kier molecular flexibility index (Phi) is 8.34. The van der Waals surface area contributed by atoms with Crippen molar-refractivity contribution in [1.82, 2.24) is 20.2 Å². The first-order chi connectivity index (χ1) is 18.6. The third-order valence-corrected chi connectivity index (χ3v) is 6.23. The topological polar surface area (TPSA) is 120 Å². The Balaban J connectivity index is 1.59. The molecule has 2 amide bonds. The zero-order chi connectivity index (χ0) is 28.2. The number of primary amides is 1. The van der Waals surface area contributed by atoms with Gasteiger partial charge in [0.2, 0.25) is 5.88 Å². The summed E-state index contributed by atoms with van der Waals surface area (Å²) in [4.78, 5) is 34.2. The molecule has 3 N–H and O–H groups in total. The number of rotatable bonds is 10. The van der Waals surface area contributed by atoms with E-state index in [1.165, 1.54) is 12.1 Å². The summed E-state index contributed by atoms with van der Waals surface area (Å²) in [6.07, 6.45) is -4.75. The summed E-state index contributed by atoms with van der Waals surface area (Å²) in [6, 6.07) is 11.2. The Hall–Kier alpha value is -4.19. The van der Waals surface area contributed by atoms with Crippen LogP contribution in [0.25, 0.3) is 11.4 Å². The third kappa shape index (κ3) is 6.82. The van der Waals surface area contributed by atoms with Crippen LogP contribution in [0.2, 0.25) is 0 Å². The second-order valence-corrected chi connectivity index (χ2v) is 8.87. The lowest BCUT2D eigenvalue weighted by molar-refractivity contribution is -0.137. The molecule has 39 heavy (non-hydrogen) atoms. The van der Waals surface area contributed by atoms with Crippen LogP contribution >= 0.6 is 0 Å². The number of alkyl halides is 3. The standard InChI is InChI=1S/C27H28F3N5O4/c1-3-35(4-2)15-17-13-18(27(28,29)30)7-10-21(17)38-19-8-5-16(6-9-19)25-33-20(24(31)36)14-23(34-25)39-22-11-12-32-26(22)37/h5-10,13-14,22H,3-4,11-12,15H2,1-2H3,(H2,31,36)(H,32,37)/t22-/m0/s1. The zero-order valence-corrected chi connectivity index (χ0v) is 21.4. The first-order valence-corrected chi connectivity index (χ1v) is 12.4. The van der Waals surface area contributed by atoms with Crippen LogP contribution in [0.1, 0.15) is 41.9 Å². The van der Waals surface area contributed by atoms with Gasteiger partial charge in [-0.05, 0) is 55.6 Å². The molecule has 0 radical (unpaired) electrons. The number of hydrogen-bond acceptors (Lipinski definition) is 7. The number of nitrogens with two attached hydrogens (primary N) is 1. The molecule has 3 aromatic rings. The Bertz CT molecular complexity index is 1340. The van der Waals surface area contributed by atoms with Crippen LogP contribution in [0.4, 0.5) is 13.2 Å². The van der Waals surface area contributed by atoms with E-state index in [1.807, 2.05) is 18.7 Å². The second-order valence-electron chi connectivity index (χ2n) is 8.87. The molecule has 1 atom stereocenters. The highest BCUT2D eigenvalue weighted by molar-refractivity contribution is 5.91. The van der Waals surface area contributed by atoms with Crippen molar-refractivity contribution in [3.63, 3.8) is 0 Å². The van der Waals surface area contributed by atoms with Gasteiger partial charge in [-0.3, -0.25) is 14.5 Å². The number of nitrogens with one attached hydrogen (secondary N) is 1. The maximum absolute atomic E-state index is 13.3. The van der Waals surface area contributed by atoms with Crippen LogP contribution in [0.15, 0.2) is 48.5 Å². The van der Waals surface area contributed by atoms with Gasteiger partial charge in [0.05, 0.1) is 5.56 Å². The molecule has 2 heterocycles. The van der Waals surface area contributed by atoms with Crippen molar-refractivity contribution in [3.05, 3.63) is 65.4 Å². The van der Waals surface area contributed by atoms with Crippen molar-refractivity contribution in [1.29, 1.82) is 0 Å². The van der Waals surface area contributed by atoms with Gasteiger partial charge in [-0.15, -0.1) is 0 Å². The normalized spacial score (nSPS) is 15.3. The lowest BCUT2D eigenvalue weighted by Gasteiger charge is -2.21. The van der Waals surface area contributed by atoms with E-state index in [4.69, 9.17) is 15.2 Å². The van der Waals surface area contributed by atoms with E-state index in [0.29, 0.717) is 55.2 Å². The monoisotopic (exact) mass is 543 g/mol. The van der Waals surface area contributed by atoms with E-state index in [1.54, 1.807) is 24.3 Å². The lowest BCUT2D eigenvalue weighted by atomic mass is 10.1. The number of nitrogens with zero attached hydrogens (tertiary/aromatic N) is 3. The fourth-order valence-electron chi connectivity index (χ4n) is 4.04. The fraction of sp³-hybridized carbons (Fsp3) is 0.333. The number of halogens is 3. The van der Waals surface area contributed by atoms with Gasteiger partial charge in [0, 0.05) is 36.7 Å². The SMILES string of the molecule is CCN(CC)Cc1cc(C(F)(F)F)ccc1Oc1ccc(-c2nc(O[C@H]3CCNC3=O)cc(C(N)=O)n2)cc1. The molecule has 9 nitrogen and oxygen atoms in total. The van der Waals surface area contributed by atoms with Gasteiger partial charge in [-0.1, -0.05) is 13.8 Å². The molecule has 1 saturated heterocycles. The minimum absolute atomic E-state index is 0.0296. The molecule has 12 heteroatoms. The molecular weight excluding hydrogens is 515 g/mol. The number of ether oxygens (including phenoxy) is 2. The molecule has 1 aliphatic heterocycles. The van der Waals surface area contributed by atoms with Crippen molar-refractivity contribution < 1.29 is 32.2 Å². The van der Waals surface area contributed by atoms with Gasteiger partial charge in [-0.2, -0.15) is 18.2 Å². The summed E-state index contributed by atoms with van der Waals surface area (Å²) in [7, 11) is 0. The van der Waals surface area contributed by atoms with E-state index in [0.717, 1.165) is 12.1 Å². The Labute approximate surface area is 223 Å². The maximum Gasteiger partial charge on any atom is 0.416 e. The molecule has 4 rings (SSSR count). The van der Waals surface area contributed by atoms with Gasteiger partial charge >= 0.3 is 6.18 Å². The van der Waals surface area contributed by atoms with Crippen LogP contribution in [0.3, 0.4) is 0 Å². The van der Waals surface area contributed by atoms with Crippen molar-refractivity contribution >= 4 is 11.8 Å². The lowest BCUT2D eigenvalue weighted by Crippen LogP contribution is -2.28. The molecule has 206 valence electrons. The Morgan fingerprint density at radius 2 is 1.82 bits per heavy atom. The summed E-state index contributed by atoms with van der Waals surface area (Å²) in [5.41, 5.74) is 5.51. The van der Waals surface area contributed by atoms with Crippen LogP contribution in [0, 0.1) is 0 Å². The molecule has 1 aliphatic rings. The number of aromatic nitrogens is 2. The van der Waals surface area contributed by atoms with E-state index in [2.05, 4.69) is 15.3 Å². The molecule has 0 saturated carbocycles. The van der Waals surface area contributed by atoms with Crippen molar-refractivity contribution in [2.24, 2.45) is 5.73 Å². The molecule has 1 fully saturated rings. The smallest absolute Gasteiger partial charge is 0.416 e. The van der Waals surface area contributed by atoms with E-state index >= 15 is 0 Å². The molecular formula is C27H28F3N5O4. The maximum atomic E-state index is 13.3.